The fraction of sp³-hybridized carbons (Fsp3) is 0.867. The number of hydrogen-bond acceptors (Lipinski definition) is 3. The van der Waals surface area contributed by atoms with Gasteiger partial charge in [0.2, 0.25) is 11.8 Å². The van der Waals surface area contributed by atoms with Crippen LogP contribution in [0.3, 0.4) is 0 Å². The molecule has 21 heavy (non-hydrogen) atoms. The van der Waals surface area contributed by atoms with Crippen LogP contribution in [0, 0.1) is 5.92 Å². The highest BCUT2D eigenvalue weighted by atomic mass is 35.5. The molecule has 1 unspecified atom stereocenters. The van der Waals surface area contributed by atoms with Gasteiger partial charge in [0, 0.05) is 26.1 Å². The second-order valence-corrected chi connectivity index (χ2v) is 5.96. The Hall–Kier alpha value is -0.810. The summed E-state index contributed by atoms with van der Waals surface area (Å²) in [4.78, 5) is 28.4. The predicted molar refractivity (Wildman–Crippen MR) is 85.2 cm³/mol. The van der Waals surface area contributed by atoms with Gasteiger partial charge >= 0.3 is 0 Å². The molecule has 2 aliphatic rings. The molecular formula is C15H28ClN3O2. The minimum absolute atomic E-state index is 0. The molecule has 2 saturated heterocycles. The van der Waals surface area contributed by atoms with Gasteiger partial charge in [-0.05, 0) is 44.6 Å². The standard InChI is InChI=1S/C15H27N3O2.ClH/c1-2-14(19)18-8-4-3-5-13(18)15(20)17-9-6-12(11-16)7-10-17;/h12-13H,2-11,16H2,1H3;1H. The number of carbonyl (C=O) groups excluding carboxylic acids is 2. The van der Waals surface area contributed by atoms with Crippen LogP contribution in [0.15, 0.2) is 0 Å². The van der Waals surface area contributed by atoms with Gasteiger partial charge in [0.1, 0.15) is 6.04 Å². The highest BCUT2D eigenvalue weighted by Gasteiger charge is 2.35. The Morgan fingerprint density at radius 2 is 1.76 bits per heavy atom. The van der Waals surface area contributed by atoms with Crippen molar-refractivity contribution in [1.82, 2.24) is 9.80 Å². The number of hydrogen-bond donors (Lipinski definition) is 1. The van der Waals surface area contributed by atoms with Crippen molar-refractivity contribution in [3.63, 3.8) is 0 Å². The first-order chi connectivity index (χ1) is 9.67. The second-order valence-electron chi connectivity index (χ2n) is 5.96. The summed E-state index contributed by atoms with van der Waals surface area (Å²) in [5, 5.41) is 0. The van der Waals surface area contributed by atoms with Crippen LogP contribution in [0.1, 0.15) is 45.4 Å². The van der Waals surface area contributed by atoms with Crippen molar-refractivity contribution in [1.29, 1.82) is 0 Å². The summed E-state index contributed by atoms with van der Waals surface area (Å²) in [6.45, 7) is 4.91. The number of halogens is 1. The average molecular weight is 318 g/mol. The lowest BCUT2D eigenvalue weighted by Gasteiger charge is -2.39. The van der Waals surface area contributed by atoms with Crippen molar-refractivity contribution in [2.24, 2.45) is 11.7 Å². The summed E-state index contributed by atoms with van der Waals surface area (Å²) >= 11 is 0. The van der Waals surface area contributed by atoms with Crippen LogP contribution in [0.2, 0.25) is 0 Å². The fourth-order valence-corrected chi connectivity index (χ4v) is 3.29. The van der Waals surface area contributed by atoms with Crippen LogP contribution in [0.5, 0.6) is 0 Å². The van der Waals surface area contributed by atoms with Gasteiger partial charge in [0.05, 0.1) is 0 Å². The summed E-state index contributed by atoms with van der Waals surface area (Å²) in [7, 11) is 0. The molecule has 0 spiro atoms. The van der Waals surface area contributed by atoms with E-state index >= 15 is 0 Å². The van der Waals surface area contributed by atoms with Gasteiger partial charge in [-0.2, -0.15) is 0 Å². The lowest BCUT2D eigenvalue weighted by atomic mass is 9.95. The Bertz CT molecular complexity index is 357. The first-order valence-electron chi connectivity index (χ1n) is 7.95. The maximum Gasteiger partial charge on any atom is 0.245 e. The van der Waals surface area contributed by atoms with Crippen LogP contribution in [0.4, 0.5) is 0 Å². The quantitative estimate of drug-likeness (QED) is 0.855. The molecule has 0 aliphatic carbocycles. The molecule has 0 aromatic heterocycles. The molecule has 6 heteroatoms. The molecule has 122 valence electrons. The molecule has 5 nitrogen and oxygen atoms in total. The van der Waals surface area contributed by atoms with Gasteiger partial charge in [0.15, 0.2) is 0 Å². The van der Waals surface area contributed by atoms with Gasteiger partial charge in [-0.3, -0.25) is 9.59 Å². The van der Waals surface area contributed by atoms with Crippen LogP contribution in [0.25, 0.3) is 0 Å². The summed E-state index contributed by atoms with van der Waals surface area (Å²) in [5.74, 6) is 0.820. The molecule has 2 rings (SSSR count). The van der Waals surface area contributed by atoms with Gasteiger partial charge in [-0.25, -0.2) is 0 Å². The van der Waals surface area contributed by atoms with Crippen LogP contribution >= 0.6 is 12.4 Å². The van der Waals surface area contributed by atoms with Crippen molar-refractivity contribution < 1.29 is 9.59 Å². The van der Waals surface area contributed by atoms with E-state index in [4.69, 9.17) is 5.73 Å². The number of carbonyl (C=O) groups is 2. The van der Waals surface area contributed by atoms with E-state index in [2.05, 4.69) is 0 Å². The van der Waals surface area contributed by atoms with Crippen molar-refractivity contribution in [2.75, 3.05) is 26.2 Å². The lowest BCUT2D eigenvalue weighted by molar-refractivity contribution is -0.148. The third kappa shape index (κ3) is 4.33. The highest BCUT2D eigenvalue weighted by Crippen LogP contribution is 2.23. The first-order valence-corrected chi connectivity index (χ1v) is 7.95. The second kappa shape index (κ2) is 8.59. The van der Waals surface area contributed by atoms with Crippen molar-refractivity contribution in [3.05, 3.63) is 0 Å². The maximum atomic E-state index is 12.7. The van der Waals surface area contributed by atoms with E-state index in [1.54, 1.807) is 4.90 Å². The maximum absolute atomic E-state index is 12.7. The van der Waals surface area contributed by atoms with E-state index in [1.807, 2.05) is 11.8 Å². The first kappa shape index (κ1) is 18.2. The Labute approximate surface area is 133 Å². The van der Waals surface area contributed by atoms with E-state index in [0.717, 1.165) is 51.7 Å². The smallest absolute Gasteiger partial charge is 0.245 e. The number of amides is 2. The fourth-order valence-electron chi connectivity index (χ4n) is 3.29. The topological polar surface area (TPSA) is 66.6 Å². The van der Waals surface area contributed by atoms with E-state index < -0.39 is 0 Å². The minimum Gasteiger partial charge on any atom is -0.341 e. The number of nitrogens with zero attached hydrogens (tertiary/aromatic N) is 2. The van der Waals surface area contributed by atoms with Gasteiger partial charge < -0.3 is 15.5 Å². The molecule has 0 aromatic rings. The van der Waals surface area contributed by atoms with E-state index in [9.17, 15) is 9.59 Å². The highest BCUT2D eigenvalue weighted by molar-refractivity contribution is 5.88. The van der Waals surface area contributed by atoms with Crippen LogP contribution in [-0.4, -0.2) is 53.8 Å². The lowest BCUT2D eigenvalue weighted by Crippen LogP contribution is -2.54. The molecule has 0 bridgehead atoms. The molecule has 2 aliphatic heterocycles. The average Bonchev–Trinajstić information content (AvgIpc) is 2.53. The SMILES string of the molecule is CCC(=O)N1CCCCC1C(=O)N1CCC(CN)CC1.Cl. The summed E-state index contributed by atoms with van der Waals surface area (Å²) in [6.07, 6.45) is 5.36. The molecule has 0 aromatic carbocycles. The monoisotopic (exact) mass is 317 g/mol. The van der Waals surface area contributed by atoms with E-state index in [1.165, 1.54) is 0 Å². The third-order valence-electron chi connectivity index (χ3n) is 4.67. The van der Waals surface area contributed by atoms with Gasteiger partial charge in [0.25, 0.3) is 0 Å². The predicted octanol–water partition coefficient (Wildman–Crippen LogP) is 1.40. The normalized spacial score (nSPS) is 23.6. The molecule has 2 amide bonds. The molecule has 2 N–H and O–H groups in total. The number of nitrogens with two attached hydrogens (primary N) is 1. The minimum atomic E-state index is -0.217. The Balaban J connectivity index is 0.00000220. The molecule has 1 atom stereocenters. The van der Waals surface area contributed by atoms with Crippen molar-refractivity contribution in [2.45, 2.75) is 51.5 Å². The Kier molecular flexibility index (Phi) is 7.46. The number of likely N-dealkylation sites (tertiary alicyclic amines) is 2. The van der Waals surface area contributed by atoms with E-state index in [-0.39, 0.29) is 30.3 Å². The zero-order valence-corrected chi connectivity index (χ0v) is 13.7. The zero-order valence-electron chi connectivity index (χ0n) is 12.9. The van der Waals surface area contributed by atoms with Crippen molar-refractivity contribution >= 4 is 24.2 Å². The molecular weight excluding hydrogens is 290 g/mol. The summed E-state index contributed by atoms with van der Waals surface area (Å²) in [5.41, 5.74) is 5.69. The zero-order chi connectivity index (χ0) is 14.5. The van der Waals surface area contributed by atoms with Gasteiger partial charge in [-0.1, -0.05) is 6.92 Å². The molecule has 0 radical (unpaired) electrons. The molecule has 2 heterocycles. The van der Waals surface area contributed by atoms with Crippen molar-refractivity contribution in [3.8, 4) is 0 Å². The Morgan fingerprint density at radius 3 is 2.33 bits per heavy atom. The third-order valence-corrected chi connectivity index (χ3v) is 4.67. The largest absolute Gasteiger partial charge is 0.341 e. The van der Waals surface area contributed by atoms with Gasteiger partial charge in [-0.15, -0.1) is 12.4 Å². The number of piperidine rings is 2. The number of rotatable bonds is 3. The molecule has 0 saturated carbocycles. The van der Waals surface area contributed by atoms with Crippen LogP contribution < -0.4 is 5.73 Å². The summed E-state index contributed by atoms with van der Waals surface area (Å²) in [6, 6.07) is -0.217. The Morgan fingerprint density at radius 1 is 1.10 bits per heavy atom. The molecule has 2 fully saturated rings. The van der Waals surface area contributed by atoms with E-state index in [0.29, 0.717) is 18.9 Å². The summed E-state index contributed by atoms with van der Waals surface area (Å²) < 4.78 is 0. The van der Waals surface area contributed by atoms with Crippen LogP contribution in [-0.2, 0) is 9.59 Å².